The molecule has 0 radical (unpaired) electrons. The largest absolute Gasteiger partial charge is 0.425 e. The van der Waals surface area contributed by atoms with Gasteiger partial charge >= 0.3 is 6.18 Å². The third-order valence-corrected chi connectivity index (χ3v) is 2.92. The lowest BCUT2D eigenvalue weighted by molar-refractivity contribution is -0.245. The number of pyridine rings is 1. The van der Waals surface area contributed by atoms with Crippen molar-refractivity contribution in [1.82, 2.24) is 4.98 Å². The first kappa shape index (κ1) is 15.2. The first-order valence-electron chi connectivity index (χ1n) is 5.97. The van der Waals surface area contributed by atoms with Crippen molar-refractivity contribution in [2.45, 2.75) is 11.8 Å². The Morgan fingerprint density at radius 2 is 1.71 bits per heavy atom. The molecule has 1 atom stereocenters. The lowest BCUT2D eigenvalue weighted by Crippen LogP contribution is -2.40. The fourth-order valence-corrected chi connectivity index (χ4v) is 1.73. The van der Waals surface area contributed by atoms with E-state index in [1.807, 2.05) is 0 Å². The van der Waals surface area contributed by atoms with E-state index in [-0.39, 0.29) is 0 Å². The molecule has 6 heteroatoms. The molecule has 1 N–H and O–H groups in total. The van der Waals surface area contributed by atoms with Crippen molar-refractivity contribution in [2.24, 2.45) is 0 Å². The van der Waals surface area contributed by atoms with Gasteiger partial charge in [0.25, 0.3) is 0 Å². The van der Waals surface area contributed by atoms with Gasteiger partial charge in [-0.25, -0.2) is 4.39 Å². The molecule has 0 spiro atoms. The van der Waals surface area contributed by atoms with Crippen molar-refractivity contribution < 1.29 is 22.7 Å². The highest BCUT2D eigenvalue weighted by Gasteiger charge is 2.53. The number of alkyl halides is 3. The van der Waals surface area contributed by atoms with E-state index in [0.717, 1.165) is 30.5 Å². The number of benzene rings is 1. The molecule has 0 aliphatic heterocycles. The highest BCUT2D eigenvalue weighted by Crippen LogP contribution is 2.40. The van der Waals surface area contributed by atoms with E-state index in [2.05, 4.69) is 4.98 Å². The third-order valence-electron chi connectivity index (χ3n) is 2.92. The molecule has 1 aromatic carbocycles. The number of nitrogens with zero attached hydrogens (tertiary/aromatic N) is 1. The summed E-state index contributed by atoms with van der Waals surface area (Å²) < 4.78 is 52.3. The first-order chi connectivity index (χ1) is 9.83. The van der Waals surface area contributed by atoms with E-state index in [9.17, 15) is 22.7 Å². The Hall–Kier alpha value is -2.21. The summed E-state index contributed by atoms with van der Waals surface area (Å²) >= 11 is 0. The molecule has 1 aromatic heterocycles. The van der Waals surface area contributed by atoms with Crippen LogP contribution in [0, 0.1) is 5.82 Å². The monoisotopic (exact) mass is 297 g/mol. The number of aliphatic hydroxyl groups is 1. The van der Waals surface area contributed by atoms with Crippen LogP contribution in [-0.4, -0.2) is 16.3 Å². The Morgan fingerprint density at radius 3 is 2.24 bits per heavy atom. The Bertz CT molecular complexity index is 622. The molecule has 0 bridgehead atoms. The molecule has 0 amide bonds. The number of hydrogen-bond donors (Lipinski definition) is 1. The minimum absolute atomic E-state index is 0.336. The summed E-state index contributed by atoms with van der Waals surface area (Å²) in [4.78, 5) is 3.59. The zero-order valence-electron chi connectivity index (χ0n) is 10.7. The average molecular weight is 297 g/mol. The second-order valence-electron chi connectivity index (χ2n) is 4.39. The highest BCUT2D eigenvalue weighted by atomic mass is 19.4. The molecule has 0 saturated heterocycles. The van der Waals surface area contributed by atoms with Crippen molar-refractivity contribution in [2.75, 3.05) is 0 Å². The number of hydrogen-bond acceptors (Lipinski definition) is 2. The molecule has 110 valence electrons. The molecule has 0 aliphatic rings. The highest BCUT2D eigenvalue weighted by molar-refractivity contribution is 5.51. The van der Waals surface area contributed by atoms with Crippen molar-refractivity contribution in [3.63, 3.8) is 0 Å². The zero-order valence-corrected chi connectivity index (χ0v) is 10.7. The van der Waals surface area contributed by atoms with Crippen molar-refractivity contribution in [3.8, 4) is 0 Å². The smallest absolute Gasteiger partial charge is 0.373 e. The summed E-state index contributed by atoms with van der Waals surface area (Å²) in [6.07, 6.45) is -0.948. The van der Waals surface area contributed by atoms with Crippen LogP contribution in [0.1, 0.15) is 11.1 Å². The van der Waals surface area contributed by atoms with Crippen molar-refractivity contribution in [3.05, 3.63) is 71.8 Å². The van der Waals surface area contributed by atoms with Crippen LogP contribution in [0.5, 0.6) is 0 Å². The fourth-order valence-electron chi connectivity index (χ4n) is 1.73. The minimum atomic E-state index is -4.91. The van der Waals surface area contributed by atoms with Gasteiger partial charge in [0, 0.05) is 18.0 Å². The molecular weight excluding hydrogens is 286 g/mol. The molecule has 0 fully saturated rings. The maximum absolute atomic E-state index is 13.2. The van der Waals surface area contributed by atoms with Crippen LogP contribution in [0.25, 0.3) is 6.08 Å². The average Bonchev–Trinajstić information content (AvgIpc) is 2.46. The summed E-state index contributed by atoms with van der Waals surface area (Å²) in [6, 6.07) is 7.30. The molecular formula is C15H11F4NO. The number of halogens is 4. The van der Waals surface area contributed by atoms with Gasteiger partial charge in [-0.1, -0.05) is 24.3 Å². The molecule has 2 aromatic rings. The van der Waals surface area contributed by atoms with Crippen LogP contribution in [0.4, 0.5) is 17.6 Å². The lowest BCUT2D eigenvalue weighted by Gasteiger charge is -2.27. The third kappa shape index (κ3) is 3.28. The van der Waals surface area contributed by atoms with E-state index in [0.29, 0.717) is 11.6 Å². The maximum Gasteiger partial charge on any atom is 0.425 e. The topological polar surface area (TPSA) is 33.1 Å². The zero-order chi connectivity index (χ0) is 15.5. The van der Waals surface area contributed by atoms with Crippen LogP contribution in [0.15, 0.2) is 54.9 Å². The van der Waals surface area contributed by atoms with E-state index in [4.69, 9.17) is 0 Å². The molecule has 1 heterocycles. The summed E-state index contributed by atoms with van der Waals surface area (Å²) in [5, 5.41) is 10.0. The van der Waals surface area contributed by atoms with E-state index < -0.39 is 23.2 Å². The standard InChI is InChI=1S/C15H11F4NO/c16-13-5-3-11(4-6-13)7-8-14(21,15(17,18)19)12-2-1-9-20-10-12/h1-10,21H. The quantitative estimate of drug-likeness (QED) is 0.877. The van der Waals surface area contributed by atoms with Gasteiger partial charge in [-0.15, -0.1) is 0 Å². The molecule has 0 saturated carbocycles. The maximum atomic E-state index is 13.2. The Labute approximate surface area is 118 Å². The van der Waals surface area contributed by atoms with E-state index in [1.54, 1.807) is 0 Å². The Morgan fingerprint density at radius 1 is 1.05 bits per heavy atom. The first-order valence-corrected chi connectivity index (χ1v) is 5.97. The van der Waals surface area contributed by atoms with Gasteiger partial charge in [-0.05, 0) is 29.8 Å². The van der Waals surface area contributed by atoms with Gasteiger partial charge in [0.05, 0.1) is 0 Å². The van der Waals surface area contributed by atoms with Gasteiger partial charge in [-0.3, -0.25) is 4.98 Å². The molecule has 0 aliphatic carbocycles. The van der Waals surface area contributed by atoms with E-state index >= 15 is 0 Å². The van der Waals surface area contributed by atoms with Gasteiger partial charge in [0.15, 0.2) is 0 Å². The fraction of sp³-hybridized carbons (Fsp3) is 0.133. The van der Waals surface area contributed by atoms with Gasteiger partial charge < -0.3 is 5.11 Å². The molecule has 21 heavy (non-hydrogen) atoms. The second kappa shape index (κ2) is 5.65. The van der Waals surface area contributed by atoms with Gasteiger partial charge in [0.1, 0.15) is 5.82 Å². The summed E-state index contributed by atoms with van der Waals surface area (Å²) in [6.45, 7) is 0. The second-order valence-corrected chi connectivity index (χ2v) is 4.39. The van der Waals surface area contributed by atoms with Crippen LogP contribution >= 0.6 is 0 Å². The van der Waals surface area contributed by atoms with Crippen LogP contribution in [-0.2, 0) is 5.60 Å². The predicted octanol–water partition coefficient (Wildman–Crippen LogP) is 3.68. The lowest BCUT2D eigenvalue weighted by atomic mass is 9.93. The Balaban J connectivity index is 2.40. The molecule has 2 nitrogen and oxygen atoms in total. The minimum Gasteiger partial charge on any atom is -0.373 e. The van der Waals surface area contributed by atoms with Crippen molar-refractivity contribution in [1.29, 1.82) is 0 Å². The SMILES string of the molecule is OC(C=Cc1ccc(F)cc1)(c1cccnc1)C(F)(F)F. The van der Waals surface area contributed by atoms with Crippen molar-refractivity contribution >= 4 is 6.08 Å². The molecule has 1 unspecified atom stereocenters. The van der Waals surface area contributed by atoms with Crippen LogP contribution < -0.4 is 0 Å². The van der Waals surface area contributed by atoms with Gasteiger partial charge in [0.2, 0.25) is 5.60 Å². The summed E-state index contributed by atoms with van der Waals surface area (Å²) in [5.74, 6) is -0.495. The molecule has 2 rings (SSSR count). The van der Waals surface area contributed by atoms with Crippen LogP contribution in [0.3, 0.4) is 0 Å². The van der Waals surface area contributed by atoms with E-state index in [1.165, 1.54) is 24.4 Å². The normalized spacial score (nSPS) is 15.1. The number of rotatable bonds is 3. The van der Waals surface area contributed by atoms with Crippen LogP contribution in [0.2, 0.25) is 0 Å². The Kier molecular flexibility index (Phi) is 4.09. The summed E-state index contributed by atoms with van der Waals surface area (Å²) in [7, 11) is 0. The van der Waals surface area contributed by atoms with Gasteiger partial charge in [-0.2, -0.15) is 13.2 Å². The number of aromatic nitrogens is 1. The predicted molar refractivity (Wildman–Crippen MR) is 69.6 cm³/mol. The summed E-state index contributed by atoms with van der Waals surface area (Å²) in [5.41, 5.74) is -3.21.